The molecule has 2 aromatic rings. The fourth-order valence-corrected chi connectivity index (χ4v) is 2.45. The third-order valence-electron chi connectivity index (χ3n) is 3.57. The summed E-state index contributed by atoms with van der Waals surface area (Å²) in [5.74, 6) is 0. The van der Waals surface area contributed by atoms with Gasteiger partial charge in [0.1, 0.15) is 0 Å². The maximum atomic E-state index is 10.4. The van der Waals surface area contributed by atoms with Crippen LogP contribution in [0.1, 0.15) is 66.4 Å². The van der Waals surface area contributed by atoms with Crippen LogP contribution in [0.4, 0.5) is 0 Å². The van der Waals surface area contributed by atoms with E-state index in [2.05, 4.69) is 5.32 Å². The van der Waals surface area contributed by atoms with Crippen molar-refractivity contribution >= 4 is 6.29 Å². The zero-order valence-corrected chi connectivity index (χ0v) is 22.7. The number of carbonyl (C=O) groups excluding carboxylic acids is 1. The molecule has 1 heterocycles. The first-order chi connectivity index (χ1) is 13.4. The van der Waals surface area contributed by atoms with E-state index in [-0.39, 0.29) is 28.5 Å². The third-order valence-corrected chi connectivity index (χ3v) is 3.57. The second kappa shape index (κ2) is 29.0. The van der Waals surface area contributed by atoms with Crippen molar-refractivity contribution in [3.8, 4) is 11.1 Å². The van der Waals surface area contributed by atoms with E-state index in [0.717, 1.165) is 16.7 Å². The van der Waals surface area contributed by atoms with Gasteiger partial charge in [0, 0.05) is 0 Å². The van der Waals surface area contributed by atoms with Gasteiger partial charge in [-0.1, -0.05) is 108 Å². The third kappa shape index (κ3) is 17.3. The van der Waals surface area contributed by atoms with Crippen molar-refractivity contribution in [1.82, 2.24) is 5.32 Å². The van der Waals surface area contributed by atoms with Crippen LogP contribution in [0.5, 0.6) is 0 Å². The predicted molar refractivity (Wildman–Crippen MR) is 128 cm³/mol. The van der Waals surface area contributed by atoms with E-state index in [1.165, 1.54) is 32.4 Å². The monoisotopic (exact) mass is 569 g/mol. The molecule has 2 aromatic carbocycles. The van der Waals surface area contributed by atoms with Crippen molar-refractivity contribution in [2.24, 2.45) is 0 Å². The van der Waals surface area contributed by atoms with E-state index < -0.39 is 0 Å². The minimum absolute atomic E-state index is 0. The molecule has 0 spiro atoms. The van der Waals surface area contributed by atoms with Gasteiger partial charge in [-0.2, -0.15) is 0 Å². The van der Waals surface area contributed by atoms with Gasteiger partial charge in [-0.3, -0.25) is 6.29 Å². The van der Waals surface area contributed by atoms with Gasteiger partial charge in [0.2, 0.25) is 0 Å². The average Bonchev–Trinajstić information content (AvgIpc) is 2.81. The standard InChI is InChI=1S/C14H11O.C5H11N.3C2H6.CH3.W/c15-11-10-13-8-4-5-9-14(13)12-6-2-1-3-7-12;1-2-4-6-5-3-1;3*1-2;;/h1-9H,10H2;6H,1-5H2;3*1-2H3;1H3;/q-1;;;;;-1;+2. The Labute approximate surface area is 196 Å². The first-order valence-corrected chi connectivity index (χ1v) is 10.6. The summed E-state index contributed by atoms with van der Waals surface area (Å²) in [4.78, 5) is 10.4. The summed E-state index contributed by atoms with van der Waals surface area (Å²) in [7, 11) is 0. The van der Waals surface area contributed by atoms with Gasteiger partial charge in [-0.25, -0.2) is 0 Å². The zero-order valence-electron chi connectivity index (χ0n) is 19.8. The topological polar surface area (TPSA) is 29.1 Å². The fraction of sp³-hybridized carbons (Fsp3) is 0.462. The molecule has 1 fully saturated rings. The number of benzene rings is 2. The molecular formula is C26H43NOW. The van der Waals surface area contributed by atoms with Gasteiger partial charge >= 0.3 is 21.1 Å². The Bertz CT molecular complexity index is 528. The molecular weight excluding hydrogens is 526 g/mol. The van der Waals surface area contributed by atoms with Crippen LogP contribution in [0.2, 0.25) is 0 Å². The quantitative estimate of drug-likeness (QED) is 0.394. The van der Waals surface area contributed by atoms with Crippen LogP contribution in [-0.4, -0.2) is 19.4 Å². The zero-order chi connectivity index (χ0) is 20.8. The molecule has 0 unspecified atom stereocenters. The summed E-state index contributed by atoms with van der Waals surface area (Å²) < 4.78 is 0. The minimum atomic E-state index is 0. The van der Waals surface area contributed by atoms with Crippen LogP contribution in [-0.2, 0) is 32.3 Å². The number of piperidine rings is 1. The van der Waals surface area contributed by atoms with Crippen LogP contribution in [0.3, 0.4) is 0 Å². The molecule has 1 saturated heterocycles. The average molecular weight is 569 g/mol. The molecule has 3 heteroatoms. The molecule has 0 amide bonds. The summed E-state index contributed by atoms with van der Waals surface area (Å²) in [6.45, 7) is 14.5. The number of nitrogens with one attached hydrogen (secondary N) is 1. The summed E-state index contributed by atoms with van der Waals surface area (Å²) in [6.07, 6.45) is 6.51. The van der Waals surface area contributed by atoms with Crippen LogP contribution < -0.4 is 5.32 Å². The fourth-order valence-electron chi connectivity index (χ4n) is 2.45. The molecule has 0 saturated carbocycles. The van der Waals surface area contributed by atoms with Gasteiger partial charge in [0.05, 0.1) is 0 Å². The van der Waals surface area contributed by atoms with Gasteiger partial charge < -0.3 is 17.5 Å². The maximum Gasteiger partial charge on any atom is 2.00 e. The Morgan fingerprint density at radius 1 is 0.759 bits per heavy atom. The van der Waals surface area contributed by atoms with Crippen molar-refractivity contribution in [2.45, 2.75) is 67.2 Å². The predicted octanol–water partition coefficient (Wildman–Crippen LogP) is 7.29. The Kier molecular flexibility index (Phi) is 35.2. The molecule has 0 atom stereocenters. The summed E-state index contributed by atoms with van der Waals surface area (Å²) in [6, 6.07) is 18.0. The smallest absolute Gasteiger partial charge is 0.541 e. The van der Waals surface area contributed by atoms with E-state index >= 15 is 0 Å². The van der Waals surface area contributed by atoms with Crippen LogP contribution in [0, 0.1) is 7.43 Å². The van der Waals surface area contributed by atoms with Crippen molar-refractivity contribution in [1.29, 1.82) is 0 Å². The number of hydrogen-bond acceptors (Lipinski definition) is 2. The van der Waals surface area contributed by atoms with Crippen molar-refractivity contribution < 1.29 is 25.9 Å². The SMILES string of the molecule is C1CCNCC1.CC.CC.CC.O=[C-]Cc1ccccc1-c1ccccc1.[CH3-].[W+2]. The molecule has 1 N–H and O–H groups in total. The summed E-state index contributed by atoms with van der Waals surface area (Å²) >= 11 is 0. The van der Waals surface area contributed by atoms with E-state index in [4.69, 9.17) is 0 Å². The van der Waals surface area contributed by atoms with E-state index in [1.807, 2.05) is 102 Å². The molecule has 1 aliphatic rings. The molecule has 29 heavy (non-hydrogen) atoms. The van der Waals surface area contributed by atoms with E-state index in [0.29, 0.717) is 6.42 Å². The first kappa shape index (κ1) is 35.2. The molecule has 0 aliphatic carbocycles. The van der Waals surface area contributed by atoms with Gasteiger partial charge in [-0.15, -0.1) is 6.42 Å². The molecule has 3 rings (SSSR count). The van der Waals surface area contributed by atoms with Crippen LogP contribution >= 0.6 is 0 Å². The van der Waals surface area contributed by atoms with Crippen molar-refractivity contribution in [3.63, 3.8) is 0 Å². The maximum absolute atomic E-state index is 10.4. The number of rotatable bonds is 3. The molecule has 164 valence electrons. The van der Waals surface area contributed by atoms with Gasteiger partial charge in [-0.05, 0) is 37.1 Å². The Hall–Kier alpha value is -1.24. The molecule has 0 aromatic heterocycles. The number of hydrogen-bond donors (Lipinski definition) is 1. The van der Waals surface area contributed by atoms with E-state index in [1.54, 1.807) is 0 Å². The minimum Gasteiger partial charge on any atom is -0.541 e. The molecule has 1 aliphatic heterocycles. The van der Waals surface area contributed by atoms with Gasteiger partial charge in [0.15, 0.2) is 0 Å². The molecule has 0 radical (unpaired) electrons. The summed E-state index contributed by atoms with van der Waals surface area (Å²) in [5.41, 5.74) is 3.28. The van der Waals surface area contributed by atoms with Crippen molar-refractivity contribution in [2.75, 3.05) is 13.1 Å². The molecule has 0 bridgehead atoms. The largest absolute Gasteiger partial charge is 2.00 e. The van der Waals surface area contributed by atoms with Gasteiger partial charge in [0.25, 0.3) is 0 Å². The van der Waals surface area contributed by atoms with Crippen molar-refractivity contribution in [3.05, 3.63) is 67.6 Å². The Balaban J connectivity index is -0.000000189. The second-order valence-electron chi connectivity index (χ2n) is 5.15. The van der Waals surface area contributed by atoms with Crippen LogP contribution in [0.25, 0.3) is 11.1 Å². The Morgan fingerprint density at radius 2 is 1.24 bits per heavy atom. The molecule has 2 nitrogen and oxygen atoms in total. The second-order valence-corrected chi connectivity index (χ2v) is 5.15. The normalized spacial score (nSPS) is 10.7. The summed E-state index contributed by atoms with van der Waals surface area (Å²) in [5, 5.41) is 3.28. The van der Waals surface area contributed by atoms with Crippen LogP contribution in [0.15, 0.2) is 54.6 Å². The Morgan fingerprint density at radius 3 is 1.66 bits per heavy atom. The van der Waals surface area contributed by atoms with E-state index in [9.17, 15) is 4.79 Å². The first-order valence-electron chi connectivity index (χ1n) is 10.6.